The van der Waals surface area contributed by atoms with E-state index in [-0.39, 0.29) is 23.9 Å². The first-order valence-corrected chi connectivity index (χ1v) is 7.66. The van der Waals surface area contributed by atoms with Gasteiger partial charge < -0.3 is 15.2 Å². The van der Waals surface area contributed by atoms with E-state index in [1.54, 1.807) is 13.8 Å². The number of ether oxygens (including phenoxy) is 1. The lowest BCUT2D eigenvalue weighted by Gasteiger charge is -2.36. The Morgan fingerprint density at radius 1 is 1.29 bits per heavy atom. The highest BCUT2D eigenvalue weighted by Gasteiger charge is 2.32. The molecule has 2 rings (SSSR count). The summed E-state index contributed by atoms with van der Waals surface area (Å²) in [6.07, 6.45) is 1.76. The van der Waals surface area contributed by atoms with Crippen LogP contribution in [0.4, 0.5) is 4.39 Å². The zero-order valence-electron chi connectivity index (χ0n) is 13.2. The zero-order valence-corrected chi connectivity index (χ0v) is 13.2. The van der Waals surface area contributed by atoms with Crippen LogP contribution in [0.5, 0.6) is 0 Å². The van der Waals surface area contributed by atoms with Crippen molar-refractivity contribution in [2.45, 2.75) is 39.7 Å². The van der Waals surface area contributed by atoms with Gasteiger partial charge in [0.2, 0.25) is 0 Å². The first-order valence-electron chi connectivity index (χ1n) is 7.66. The fraction of sp³-hybridized carbons (Fsp3) is 0.647. The number of hydrogen-bond acceptors (Lipinski definition) is 3. The van der Waals surface area contributed by atoms with Crippen molar-refractivity contribution in [1.29, 1.82) is 0 Å². The lowest BCUT2D eigenvalue weighted by molar-refractivity contribution is -0.0163. The van der Waals surface area contributed by atoms with Gasteiger partial charge in [-0.1, -0.05) is 12.1 Å². The molecular weight excluding hydrogens is 269 g/mol. The highest BCUT2D eigenvalue weighted by molar-refractivity contribution is 5.32. The molecule has 0 spiro atoms. The molecule has 1 heterocycles. The third kappa shape index (κ3) is 3.82. The monoisotopic (exact) mass is 295 g/mol. The van der Waals surface area contributed by atoms with E-state index >= 15 is 0 Å². The largest absolute Gasteiger partial charge is 0.396 e. The molecule has 21 heavy (non-hydrogen) atoms. The third-order valence-corrected chi connectivity index (χ3v) is 4.63. The van der Waals surface area contributed by atoms with Crippen LogP contribution in [0.15, 0.2) is 12.1 Å². The molecule has 1 aromatic rings. The smallest absolute Gasteiger partial charge is 0.129 e. The average Bonchev–Trinajstić information content (AvgIpc) is 2.50. The summed E-state index contributed by atoms with van der Waals surface area (Å²) < 4.78 is 19.1. The van der Waals surface area contributed by atoms with Gasteiger partial charge in [-0.2, -0.15) is 0 Å². The molecule has 0 amide bonds. The maximum atomic E-state index is 13.7. The Morgan fingerprint density at radius 3 is 2.38 bits per heavy atom. The second kappa shape index (κ2) is 6.86. The van der Waals surface area contributed by atoms with Crippen molar-refractivity contribution in [1.82, 2.24) is 5.32 Å². The number of aliphatic hydroxyl groups excluding tert-OH is 1. The van der Waals surface area contributed by atoms with Crippen molar-refractivity contribution in [3.63, 3.8) is 0 Å². The Balaban J connectivity index is 2.02. The number of hydrogen-bond donors (Lipinski definition) is 2. The summed E-state index contributed by atoms with van der Waals surface area (Å²) in [5.74, 6) is -0.123. The van der Waals surface area contributed by atoms with Crippen LogP contribution in [0.25, 0.3) is 0 Å². The summed E-state index contributed by atoms with van der Waals surface area (Å²) in [6, 6.07) is 3.93. The average molecular weight is 295 g/mol. The van der Waals surface area contributed by atoms with Crippen LogP contribution in [0.1, 0.15) is 42.5 Å². The highest BCUT2D eigenvalue weighted by atomic mass is 19.1. The summed E-state index contributed by atoms with van der Waals surface area (Å²) in [7, 11) is 0. The van der Waals surface area contributed by atoms with Gasteiger partial charge in [0.1, 0.15) is 5.82 Å². The van der Waals surface area contributed by atoms with Crippen LogP contribution in [-0.4, -0.2) is 31.5 Å². The number of halogens is 1. The molecule has 118 valence electrons. The number of aliphatic hydroxyl groups is 1. The van der Waals surface area contributed by atoms with Crippen molar-refractivity contribution in [3.8, 4) is 0 Å². The summed E-state index contributed by atoms with van der Waals surface area (Å²) in [5.41, 5.74) is 2.37. The zero-order chi connectivity index (χ0) is 15.5. The molecule has 4 heteroatoms. The predicted octanol–water partition coefficient (Wildman–Crippen LogP) is 2.88. The van der Waals surface area contributed by atoms with Crippen molar-refractivity contribution in [2.24, 2.45) is 5.41 Å². The Labute approximate surface area is 126 Å². The summed E-state index contributed by atoms with van der Waals surface area (Å²) in [5, 5.41) is 13.2. The van der Waals surface area contributed by atoms with E-state index in [1.807, 2.05) is 12.1 Å². The van der Waals surface area contributed by atoms with Crippen LogP contribution in [0, 0.1) is 25.1 Å². The molecule has 1 fully saturated rings. The maximum absolute atomic E-state index is 13.7. The van der Waals surface area contributed by atoms with Gasteiger partial charge in [-0.15, -0.1) is 0 Å². The minimum Gasteiger partial charge on any atom is -0.396 e. The summed E-state index contributed by atoms with van der Waals surface area (Å²) in [6.45, 7) is 8.03. The topological polar surface area (TPSA) is 41.5 Å². The van der Waals surface area contributed by atoms with E-state index in [2.05, 4.69) is 12.2 Å². The summed E-state index contributed by atoms with van der Waals surface area (Å²) >= 11 is 0. The summed E-state index contributed by atoms with van der Waals surface area (Å²) in [4.78, 5) is 0. The fourth-order valence-electron chi connectivity index (χ4n) is 2.91. The lowest BCUT2D eigenvalue weighted by atomic mass is 9.80. The molecule has 0 aromatic heterocycles. The Morgan fingerprint density at radius 2 is 1.86 bits per heavy atom. The second-order valence-electron chi connectivity index (χ2n) is 6.34. The van der Waals surface area contributed by atoms with Crippen LogP contribution in [-0.2, 0) is 4.74 Å². The van der Waals surface area contributed by atoms with Gasteiger partial charge in [0.25, 0.3) is 0 Å². The van der Waals surface area contributed by atoms with E-state index in [1.165, 1.54) is 0 Å². The third-order valence-electron chi connectivity index (χ3n) is 4.63. The molecule has 1 atom stereocenters. The number of rotatable bonds is 5. The predicted molar refractivity (Wildman–Crippen MR) is 81.9 cm³/mol. The van der Waals surface area contributed by atoms with E-state index < -0.39 is 0 Å². The molecule has 0 aliphatic carbocycles. The Bertz CT molecular complexity index is 461. The standard InChI is InChI=1S/C17H26FNO2/c1-12-8-15(9-13(2)16(12)18)14(3)19-10-17(11-20)4-6-21-7-5-17/h8-9,14,19-20H,4-7,10-11H2,1-3H3. The van der Waals surface area contributed by atoms with E-state index in [0.717, 1.165) is 24.9 Å². The molecule has 0 radical (unpaired) electrons. The molecule has 3 nitrogen and oxygen atoms in total. The fourth-order valence-corrected chi connectivity index (χ4v) is 2.91. The second-order valence-corrected chi connectivity index (χ2v) is 6.34. The normalized spacial score (nSPS) is 19.5. The number of nitrogens with one attached hydrogen (secondary N) is 1. The molecule has 1 aliphatic rings. The first-order chi connectivity index (χ1) is 9.97. The Kier molecular flexibility index (Phi) is 5.36. The highest BCUT2D eigenvalue weighted by Crippen LogP contribution is 2.30. The molecule has 1 unspecified atom stereocenters. The molecule has 1 aromatic carbocycles. The first kappa shape index (κ1) is 16.4. The van der Waals surface area contributed by atoms with Gasteiger partial charge in [-0.3, -0.25) is 0 Å². The molecule has 2 N–H and O–H groups in total. The van der Waals surface area contributed by atoms with Crippen molar-refractivity contribution in [2.75, 3.05) is 26.4 Å². The van der Waals surface area contributed by atoms with Crippen molar-refractivity contribution < 1.29 is 14.2 Å². The van der Waals surface area contributed by atoms with E-state index in [4.69, 9.17) is 4.74 Å². The van der Waals surface area contributed by atoms with Crippen LogP contribution >= 0.6 is 0 Å². The van der Waals surface area contributed by atoms with Crippen molar-refractivity contribution in [3.05, 3.63) is 34.6 Å². The molecule has 0 saturated carbocycles. The lowest BCUT2D eigenvalue weighted by Crippen LogP contribution is -2.42. The SMILES string of the molecule is Cc1cc(C(C)NCC2(CO)CCOCC2)cc(C)c1F. The van der Waals surface area contributed by atoms with Gasteiger partial charge in [0, 0.05) is 31.2 Å². The molecule has 1 saturated heterocycles. The van der Waals surface area contributed by atoms with Gasteiger partial charge in [-0.25, -0.2) is 4.39 Å². The van der Waals surface area contributed by atoms with Crippen LogP contribution < -0.4 is 5.32 Å². The van der Waals surface area contributed by atoms with Crippen LogP contribution in [0.2, 0.25) is 0 Å². The number of aryl methyl sites for hydroxylation is 2. The van der Waals surface area contributed by atoms with Gasteiger partial charge in [0.15, 0.2) is 0 Å². The number of benzene rings is 1. The molecular formula is C17H26FNO2. The minimum atomic E-state index is -0.123. The van der Waals surface area contributed by atoms with Gasteiger partial charge in [-0.05, 0) is 50.3 Å². The van der Waals surface area contributed by atoms with E-state index in [9.17, 15) is 9.50 Å². The van der Waals surface area contributed by atoms with E-state index in [0.29, 0.717) is 24.3 Å². The van der Waals surface area contributed by atoms with Gasteiger partial charge >= 0.3 is 0 Å². The maximum Gasteiger partial charge on any atom is 0.129 e. The quantitative estimate of drug-likeness (QED) is 0.877. The van der Waals surface area contributed by atoms with Gasteiger partial charge in [0.05, 0.1) is 6.61 Å². The van der Waals surface area contributed by atoms with Crippen molar-refractivity contribution >= 4 is 0 Å². The Hall–Kier alpha value is -0.970. The molecule has 1 aliphatic heterocycles. The minimum absolute atomic E-state index is 0.0867. The molecule has 0 bridgehead atoms. The van der Waals surface area contributed by atoms with Crippen LogP contribution in [0.3, 0.4) is 0 Å².